The number of carbonyl (C=O) groups excluding carboxylic acids is 1. The Morgan fingerprint density at radius 2 is 2.33 bits per heavy atom. The minimum Gasteiger partial charge on any atom is -0.461 e. The fraction of sp³-hybridized carbons (Fsp3) is 0.364. The first-order chi connectivity index (χ1) is 8.63. The zero-order valence-corrected chi connectivity index (χ0v) is 11.1. The van der Waals surface area contributed by atoms with Crippen LogP contribution in [0.4, 0.5) is 10.7 Å². The summed E-state index contributed by atoms with van der Waals surface area (Å²) in [4.78, 5) is 15.7. The lowest BCUT2D eigenvalue weighted by Gasteiger charge is -2.04. The summed E-state index contributed by atoms with van der Waals surface area (Å²) in [7, 11) is 0. The van der Waals surface area contributed by atoms with Crippen molar-refractivity contribution < 1.29 is 14.1 Å². The van der Waals surface area contributed by atoms with Crippen LogP contribution in [0.5, 0.6) is 0 Å². The van der Waals surface area contributed by atoms with Gasteiger partial charge in [-0.25, -0.2) is 9.78 Å². The van der Waals surface area contributed by atoms with Crippen molar-refractivity contribution in [1.82, 2.24) is 10.1 Å². The maximum atomic E-state index is 11.7. The molecule has 0 aliphatic heterocycles. The van der Waals surface area contributed by atoms with Gasteiger partial charge in [-0.15, -0.1) is 11.3 Å². The quantitative estimate of drug-likeness (QED) is 0.858. The smallest absolute Gasteiger partial charge is 0.360 e. The van der Waals surface area contributed by atoms with Gasteiger partial charge >= 0.3 is 5.97 Å². The first kappa shape index (κ1) is 12.6. The predicted molar refractivity (Wildman–Crippen MR) is 67.3 cm³/mol. The number of anilines is 2. The Hall–Kier alpha value is -1.89. The summed E-state index contributed by atoms with van der Waals surface area (Å²) < 4.78 is 9.98. The Balaban J connectivity index is 2.25. The molecule has 0 saturated carbocycles. The molecule has 2 heterocycles. The molecule has 7 heteroatoms. The van der Waals surface area contributed by atoms with Crippen LogP contribution in [0.2, 0.25) is 0 Å². The number of nitrogens with one attached hydrogen (secondary N) is 1. The molecule has 0 aliphatic rings. The van der Waals surface area contributed by atoms with Crippen molar-refractivity contribution in [2.45, 2.75) is 20.8 Å². The molecule has 0 aliphatic carbocycles. The molecule has 0 unspecified atom stereocenters. The predicted octanol–water partition coefficient (Wildman–Crippen LogP) is 2.67. The first-order valence-electron chi connectivity index (χ1n) is 5.44. The van der Waals surface area contributed by atoms with E-state index in [4.69, 9.17) is 9.26 Å². The molecule has 1 N–H and O–H groups in total. The number of thiazole rings is 1. The van der Waals surface area contributed by atoms with E-state index in [9.17, 15) is 4.79 Å². The molecule has 18 heavy (non-hydrogen) atoms. The van der Waals surface area contributed by atoms with Gasteiger partial charge in [-0.2, -0.15) is 0 Å². The molecule has 2 aromatic rings. The van der Waals surface area contributed by atoms with Gasteiger partial charge in [0.1, 0.15) is 16.4 Å². The minimum absolute atomic E-state index is 0.279. The second kappa shape index (κ2) is 5.18. The third-order valence-electron chi connectivity index (χ3n) is 2.31. The third kappa shape index (κ3) is 2.35. The Bertz CT molecular complexity index is 542. The van der Waals surface area contributed by atoms with Crippen molar-refractivity contribution in [3.8, 4) is 0 Å². The fourth-order valence-electron chi connectivity index (χ4n) is 1.45. The summed E-state index contributed by atoms with van der Waals surface area (Å²) >= 11 is 1.33. The van der Waals surface area contributed by atoms with Crippen LogP contribution in [-0.2, 0) is 4.74 Å². The van der Waals surface area contributed by atoms with Crippen LogP contribution in [-0.4, -0.2) is 22.7 Å². The van der Waals surface area contributed by atoms with Gasteiger partial charge in [0.2, 0.25) is 0 Å². The molecule has 0 atom stereocenters. The monoisotopic (exact) mass is 267 g/mol. The van der Waals surface area contributed by atoms with Gasteiger partial charge in [-0.1, -0.05) is 5.16 Å². The second-order valence-corrected chi connectivity index (χ2v) is 4.43. The van der Waals surface area contributed by atoms with Gasteiger partial charge in [0.25, 0.3) is 0 Å². The molecule has 0 fully saturated rings. The number of aryl methyl sites for hydroxylation is 2. The fourth-order valence-corrected chi connectivity index (χ4v) is 2.13. The summed E-state index contributed by atoms with van der Waals surface area (Å²) in [5.41, 5.74) is 3.36. The Morgan fingerprint density at radius 3 is 2.94 bits per heavy atom. The average Bonchev–Trinajstić information content (AvgIpc) is 2.91. The number of aromatic nitrogens is 2. The molecule has 96 valence electrons. The van der Waals surface area contributed by atoms with Crippen LogP contribution in [0, 0.1) is 13.8 Å². The second-order valence-electron chi connectivity index (χ2n) is 3.57. The molecule has 2 aromatic heterocycles. The molecule has 0 radical (unpaired) electrons. The maximum Gasteiger partial charge on any atom is 0.360 e. The average molecular weight is 267 g/mol. The van der Waals surface area contributed by atoms with E-state index in [0.717, 1.165) is 11.4 Å². The van der Waals surface area contributed by atoms with Crippen molar-refractivity contribution in [3.63, 3.8) is 0 Å². The third-order valence-corrected chi connectivity index (χ3v) is 3.05. The van der Waals surface area contributed by atoms with E-state index in [1.807, 2.05) is 6.92 Å². The van der Waals surface area contributed by atoms with Crippen LogP contribution in [0.3, 0.4) is 0 Å². The van der Waals surface area contributed by atoms with Crippen molar-refractivity contribution in [2.24, 2.45) is 0 Å². The van der Waals surface area contributed by atoms with Gasteiger partial charge < -0.3 is 14.6 Å². The highest BCUT2D eigenvalue weighted by molar-refractivity contribution is 7.14. The number of hydrogen-bond donors (Lipinski definition) is 1. The summed E-state index contributed by atoms with van der Waals surface area (Å²) in [6.45, 7) is 5.70. The Morgan fingerprint density at radius 1 is 1.56 bits per heavy atom. The van der Waals surface area contributed by atoms with Gasteiger partial charge in [0, 0.05) is 0 Å². The number of carbonyl (C=O) groups is 1. The number of ether oxygens (including phenoxy) is 1. The summed E-state index contributed by atoms with van der Waals surface area (Å²) in [5.74, 6) is 0.226. The lowest BCUT2D eigenvalue weighted by Crippen LogP contribution is -2.07. The lowest BCUT2D eigenvalue weighted by atomic mass is 10.3. The van der Waals surface area contributed by atoms with Gasteiger partial charge in [-0.3, -0.25) is 0 Å². The Labute approximate surface area is 108 Å². The van der Waals surface area contributed by atoms with Crippen molar-refractivity contribution in [1.29, 1.82) is 0 Å². The highest BCUT2D eigenvalue weighted by Gasteiger charge is 2.18. The zero-order valence-electron chi connectivity index (χ0n) is 10.3. The molecular formula is C11H13N3O3S. The molecule has 0 spiro atoms. The number of esters is 1. The Kier molecular flexibility index (Phi) is 3.61. The maximum absolute atomic E-state index is 11.7. The largest absolute Gasteiger partial charge is 0.461 e. The number of nitrogens with zero attached hydrogens (tertiary/aromatic N) is 2. The van der Waals surface area contributed by atoms with Gasteiger partial charge in [0.05, 0.1) is 12.1 Å². The van der Waals surface area contributed by atoms with Crippen LogP contribution in [0.1, 0.15) is 28.9 Å². The van der Waals surface area contributed by atoms with Crippen molar-refractivity contribution in [2.75, 3.05) is 11.9 Å². The van der Waals surface area contributed by atoms with Crippen LogP contribution in [0.25, 0.3) is 0 Å². The highest BCUT2D eigenvalue weighted by atomic mass is 32.1. The van der Waals surface area contributed by atoms with E-state index in [-0.39, 0.29) is 5.69 Å². The molecule has 6 nitrogen and oxygen atoms in total. The highest BCUT2D eigenvalue weighted by Crippen LogP contribution is 2.29. The van der Waals surface area contributed by atoms with E-state index in [1.165, 1.54) is 11.3 Å². The lowest BCUT2D eigenvalue weighted by molar-refractivity contribution is 0.0521. The van der Waals surface area contributed by atoms with Crippen molar-refractivity contribution in [3.05, 3.63) is 22.7 Å². The molecule has 0 amide bonds. The SMILES string of the molecule is CCOC(=O)c1ncsc1Nc1c(C)noc1C. The minimum atomic E-state index is -0.437. The molecular weight excluding hydrogens is 254 g/mol. The molecule has 0 saturated heterocycles. The molecule has 2 rings (SSSR count). The first-order valence-corrected chi connectivity index (χ1v) is 6.32. The van der Waals surface area contributed by atoms with E-state index in [1.54, 1.807) is 19.4 Å². The van der Waals surface area contributed by atoms with Gasteiger partial charge in [-0.05, 0) is 20.8 Å². The van der Waals surface area contributed by atoms with Crippen LogP contribution < -0.4 is 5.32 Å². The molecule has 0 aromatic carbocycles. The summed E-state index contributed by atoms with van der Waals surface area (Å²) in [6.07, 6.45) is 0. The van der Waals surface area contributed by atoms with E-state index >= 15 is 0 Å². The summed E-state index contributed by atoms with van der Waals surface area (Å²) in [5, 5.41) is 7.57. The molecule has 0 bridgehead atoms. The van der Waals surface area contributed by atoms with Crippen molar-refractivity contribution >= 4 is 28.0 Å². The number of rotatable bonds is 4. The van der Waals surface area contributed by atoms with E-state index < -0.39 is 5.97 Å². The standard InChI is InChI=1S/C11H13N3O3S/c1-4-16-11(15)9-10(18-5-12-9)13-8-6(2)14-17-7(8)3/h5,13H,4H2,1-3H3. The van der Waals surface area contributed by atoms with E-state index in [0.29, 0.717) is 17.4 Å². The normalized spacial score (nSPS) is 10.4. The van der Waals surface area contributed by atoms with E-state index in [2.05, 4.69) is 15.5 Å². The number of hydrogen-bond acceptors (Lipinski definition) is 7. The van der Waals surface area contributed by atoms with Gasteiger partial charge in [0.15, 0.2) is 11.5 Å². The topological polar surface area (TPSA) is 77.2 Å². The zero-order chi connectivity index (χ0) is 13.1. The van der Waals surface area contributed by atoms with Crippen LogP contribution in [0.15, 0.2) is 10.0 Å². The van der Waals surface area contributed by atoms with Crippen LogP contribution >= 0.6 is 11.3 Å². The summed E-state index contributed by atoms with van der Waals surface area (Å²) in [6, 6.07) is 0.